The van der Waals surface area contributed by atoms with E-state index in [4.69, 9.17) is 14.2 Å². The fraction of sp³-hybridized carbons (Fsp3) is 0.231. The van der Waals surface area contributed by atoms with Gasteiger partial charge in [-0.2, -0.15) is 0 Å². The molecule has 3 aromatic carbocycles. The van der Waals surface area contributed by atoms with E-state index in [1.54, 1.807) is 31.2 Å². The third-order valence-electron chi connectivity index (χ3n) is 4.81. The van der Waals surface area contributed by atoms with E-state index in [0.29, 0.717) is 17.9 Å². The van der Waals surface area contributed by atoms with E-state index in [-0.39, 0.29) is 13.2 Å². The molecule has 3 aromatic rings. The zero-order valence-electron chi connectivity index (χ0n) is 18.3. The second-order valence-corrected chi connectivity index (χ2v) is 7.22. The van der Waals surface area contributed by atoms with Crippen molar-refractivity contribution in [3.05, 3.63) is 102 Å². The number of aliphatic hydroxyl groups excluding tert-OH is 1. The lowest BCUT2D eigenvalue weighted by Gasteiger charge is -2.22. The van der Waals surface area contributed by atoms with Crippen molar-refractivity contribution in [1.82, 2.24) is 5.32 Å². The van der Waals surface area contributed by atoms with Crippen molar-refractivity contribution in [2.24, 2.45) is 0 Å². The lowest BCUT2D eigenvalue weighted by molar-refractivity contribution is -0.148. The molecule has 7 nitrogen and oxygen atoms in total. The molecule has 0 aromatic heterocycles. The van der Waals surface area contributed by atoms with Gasteiger partial charge >= 0.3 is 12.1 Å². The van der Waals surface area contributed by atoms with Gasteiger partial charge in [0.2, 0.25) is 0 Å². The van der Waals surface area contributed by atoms with E-state index in [0.717, 1.165) is 11.1 Å². The van der Waals surface area contributed by atoms with Gasteiger partial charge in [0.1, 0.15) is 25.1 Å². The Bertz CT molecular complexity index is 1010. The minimum atomic E-state index is -1.34. The lowest BCUT2D eigenvalue weighted by atomic mass is 10.0. The summed E-state index contributed by atoms with van der Waals surface area (Å²) in [5, 5.41) is 13.2. The van der Waals surface area contributed by atoms with Crippen LogP contribution in [-0.2, 0) is 27.5 Å². The highest BCUT2D eigenvalue weighted by Crippen LogP contribution is 2.22. The van der Waals surface area contributed by atoms with Gasteiger partial charge in [0.05, 0.1) is 6.61 Å². The summed E-state index contributed by atoms with van der Waals surface area (Å²) >= 11 is 0. The molecule has 33 heavy (non-hydrogen) atoms. The molecule has 0 aliphatic carbocycles. The van der Waals surface area contributed by atoms with Crippen LogP contribution >= 0.6 is 0 Å². The van der Waals surface area contributed by atoms with Gasteiger partial charge in [-0.15, -0.1) is 0 Å². The Hall–Kier alpha value is -3.84. The number of benzene rings is 3. The SMILES string of the molecule is CCOC(=O)[C@@H](NC(=O)OCc1ccccc1)[C@H](O)c1ccc(OCc2ccccc2)cc1. The number of ether oxygens (including phenoxy) is 3. The Morgan fingerprint density at radius 1 is 0.818 bits per heavy atom. The van der Waals surface area contributed by atoms with Crippen LogP contribution in [0.2, 0.25) is 0 Å². The van der Waals surface area contributed by atoms with Crippen LogP contribution < -0.4 is 10.1 Å². The summed E-state index contributed by atoms with van der Waals surface area (Å²) in [7, 11) is 0. The minimum absolute atomic E-state index is 0.0335. The summed E-state index contributed by atoms with van der Waals surface area (Å²) in [6, 6.07) is 24.2. The zero-order valence-corrected chi connectivity index (χ0v) is 18.3. The van der Waals surface area contributed by atoms with Crippen LogP contribution in [0, 0.1) is 0 Å². The van der Waals surface area contributed by atoms with Crippen LogP contribution in [0.3, 0.4) is 0 Å². The molecule has 2 N–H and O–H groups in total. The molecule has 0 radical (unpaired) electrons. The van der Waals surface area contributed by atoms with Crippen molar-refractivity contribution < 1.29 is 28.9 Å². The van der Waals surface area contributed by atoms with Crippen LogP contribution in [0.1, 0.15) is 29.7 Å². The van der Waals surface area contributed by atoms with Gasteiger partial charge in [-0.3, -0.25) is 0 Å². The average molecular weight is 450 g/mol. The van der Waals surface area contributed by atoms with E-state index in [1.165, 1.54) is 0 Å². The molecular weight excluding hydrogens is 422 g/mol. The molecule has 0 bridgehead atoms. The second kappa shape index (κ2) is 12.3. The number of rotatable bonds is 10. The fourth-order valence-electron chi connectivity index (χ4n) is 3.09. The Balaban J connectivity index is 1.62. The largest absolute Gasteiger partial charge is 0.489 e. The van der Waals surface area contributed by atoms with Crippen LogP contribution in [-0.4, -0.2) is 29.8 Å². The molecule has 2 atom stereocenters. The topological polar surface area (TPSA) is 94.1 Å². The van der Waals surface area contributed by atoms with Gasteiger partial charge in [-0.1, -0.05) is 72.8 Å². The molecule has 0 heterocycles. The highest BCUT2D eigenvalue weighted by molar-refractivity contribution is 5.82. The van der Waals surface area contributed by atoms with Gasteiger partial charge in [0, 0.05) is 0 Å². The molecule has 0 saturated carbocycles. The molecule has 172 valence electrons. The fourth-order valence-corrected chi connectivity index (χ4v) is 3.09. The number of esters is 1. The molecular formula is C26H27NO6. The van der Waals surface area contributed by atoms with E-state index < -0.39 is 24.2 Å². The smallest absolute Gasteiger partial charge is 0.408 e. The molecule has 0 aliphatic heterocycles. The monoisotopic (exact) mass is 449 g/mol. The van der Waals surface area contributed by atoms with E-state index in [9.17, 15) is 14.7 Å². The summed E-state index contributed by atoms with van der Waals surface area (Å²) in [5.41, 5.74) is 2.25. The van der Waals surface area contributed by atoms with E-state index >= 15 is 0 Å². The molecule has 3 rings (SSSR count). The predicted octanol–water partition coefficient (Wildman–Crippen LogP) is 4.16. The molecule has 0 fully saturated rings. The molecule has 1 amide bonds. The highest BCUT2D eigenvalue weighted by atomic mass is 16.6. The molecule has 0 unspecified atom stereocenters. The summed E-state index contributed by atoms with van der Waals surface area (Å²) in [5.74, 6) is -0.149. The van der Waals surface area contributed by atoms with Crippen LogP contribution in [0.15, 0.2) is 84.9 Å². The van der Waals surface area contributed by atoms with Crippen LogP contribution in [0.5, 0.6) is 5.75 Å². The quantitative estimate of drug-likeness (QED) is 0.452. The standard InChI is InChI=1S/C26H27NO6/c1-2-31-25(29)23(27-26(30)33-18-20-11-7-4-8-12-20)24(28)21-13-15-22(16-14-21)32-17-19-9-5-3-6-10-19/h3-16,23-24,28H,2,17-18H2,1H3,(H,27,30)/t23-,24+/m0/s1. The molecule has 0 spiro atoms. The molecule has 7 heteroatoms. The summed E-state index contributed by atoms with van der Waals surface area (Å²) in [6.07, 6.45) is -2.17. The number of amides is 1. The lowest BCUT2D eigenvalue weighted by Crippen LogP contribution is -2.46. The predicted molar refractivity (Wildman–Crippen MR) is 122 cm³/mol. The number of nitrogens with one attached hydrogen (secondary N) is 1. The Labute approximate surface area is 192 Å². The third kappa shape index (κ3) is 7.36. The second-order valence-electron chi connectivity index (χ2n) is 7.22. The number of carbonyl (C=O) groups excluding carboxylic acids is 2. The number of hydrogen-bond acceptors (Lipinski definition) is 6. The van der Waals surface area contributed by atoms with Gasteiger partial charge in [0.15, 0.2) is 6.04 Å². The third-order valence-corrected chi connectivity index (χ3v) is 4.81. The first-order valence-corrected chi connectivity index (χ1v) is 10.7. The van der Waals surface area contributed by atoms with Gasteiger partial charge < -0.3 is 24.6 Å². The Morgan fingerprint density at radius 3 is 1.97 bits per heavy atom. The maximum absolute atomic E-state index is 12.4. The van der Waals surface area contributed by atoms with Gasteiger partial charge in [-0.25, -0.2) is 9.59 Å². The van der Waals surface area contributed by atoms with Crippen molar-refractivity contribution in [1.29, 1.82) is 0 Å². The van der Waals surface area contributed by atoms with Gasteiger partial charge in [0.25, 0.3) is 0 Å². The van der Waals surface area contributed by atoms with Crippen molar-refractivity contribution >= 4 is 12.1 Å². The number of aliphatic hydroxyl groups is 1. The van der Waals surface area contributed by atoms with E-state index in [2.05, 4.69) is 5.32 Å². The zero-order chi connectivity index (χ0) is 23.5. The van der Waals surface area contributed by atoms with Gasteiger partial charge in [-0.05, 0) is 35.7 Å². The first-order valence-electron chi connectivity index (χ1n) is 10.7. The van der Waals surface area contributed by atoms with E-state index in [1.807, 2.05) is 60.7 Å². The number of carbonyl (C=O) groups is 2. The minimum Gasteiger partial charge on any atom is -0.489 e. The number of hydrogen-bond donors (Lipinski definition) is 2. The first kappa shape index (κ1) is 23.8. The summed E-state index contributed by atoms with van der Waals surface area (Å²) in [6.45, 7) is 2.19. The van der Waals surface area contributed by atoms with Crippen molar-refractivity contribution in [3.63, 3.8) is 0 Å². The summed E-state index contributed by atoms with van der Waals surface area (Å²) in [4.78, 5) is 24.7. The normalized spacial score (nSPS) is 12.3. The Morgan fingerprint density at radius 2 is 1.39 bits per heavy atom. The number of alkyl carbamates (subject to hydrolysis) is 1. The van der Waals surface area contributed by atoms with Crippen LogP contribution in [0.25, 0.3) is 0 Å². The maximum Gasteiger partial charge on any atom is 0.408 e. The highest BCUT2D eigenvalue weighted by Gasteiger charge is 2.31. The van der Waals surface area contributed by atoms with Crippen molar-refractivity contribution in [3.8, 4) is 5.75 Å². The molecule has 0 aliphatic rings. The van der Waals surface area contributed by atoms with Crippen molar-refractivity contribution in [2.45, 2.75) is 32.3 Å². The summed E-state index contributed by atoms with van der Waals surface area (Å²) < 4.78 is 16.0. The first-order chi connectivity index (χ1) is 16.1. The van der Waals surface area contributed by atoms with Crippen molar-refractivity contribution in [2.75, 3.05) is 6.61 Å². The Kier molecular flexibility index (Phi) is 8.85. The molecule has 0 saturated heterocycles. The average Bonchev–Trinajstić information content (AvgIpc) is 2.86. The van der Waals surface area contributed by atoms with Crippen LogP contribution in [0.4, 0.5) is 4.79 Å². The maximum atomic E-state index is 12.4.